The highest BCUT2D eigenvalue weighted by Gasteiger charge is 2.45. The molecule has 0 N–H and O–H groups in total. The van der Waals surface area contributed by atoms with Crippen molar-refractivity contribution in [3.05, 3.63) is 77.5 Å². The van der Waals surface area contributed by atoms with E-state index in [1.807, 2.05) is 48.8 Å². The number of aliphatic imine (C=N–C) groups is 1. The lowest BCUT2D eigenvalue weighted by atomic mass is 9.72. The number of hydrogen-bond acceptors (Lipinski definition) is 4. The van der Waals surface area contributed by atoms with Crippen LogP contribution >= 0.6 is 0 Å². The van der Waals surface area contributed by atoms with Crippen molar-refractivity contribution in [1.82, 2.24) is 4.90 Å². The van der Waals surface area contributed by atoms with E-state index in [0.29, 0.717) is 5.57 Å². The number of carbonyl (C=O) groups excluding carboxylic acids is 1. The smallest absolute Gasteiger partial charge is 0.336 e. The highest BCUT2D eigenvalue weighted by atomic mass is 16.5. The van der Waals surface area contributed by atoms with Crippen LogP contribution in [0.15, 0.2) is 71.4 Å². The number of esters is 1. The molecule has 4 heteroatoms. The summed E-state index contributed by atoms with van der Waals surface area (Å²) in [5, 5.41) is 0. The largest absolute Gasteiger partial charge is 0.466 e. The third-order valence-electron chi connectivity index (χ3n) is 5.03. The van der Waals surface area contributed by atoms with Crippen LogP contribution in [0.5, 0.6) is 0 Å². The number of rotatable bonds is 3. The number of fused-ring (bicyclic) bond motifs is 2. The summed E-state index contributed by atoms with van der Waals surface area (Å²) in [4.78, 5) is 19.3. The fraction of sp³-hybridized carbons (Fsp3) is 0.238. The molecule has 126 valence electrons. The molecule has 0 aliphatic carbocycles. The molecule has 25 heavy (non-hydrogen) atoms. The number of carbonyl (C=O) groups is 1. The average molecular weight is 332 g/mol. The topological polar surface area (TPSA) is 41.9 Å². The number of para-hydroxylation sites is 1. The van der Waals surface area contributed by atoms with Gasteiger partial charge in [-0.25, -0.2) is 4.79 Å². The van der Waals surface area contributed by atoms with E-state index in [2.05, 4.69) is 28.1 Å². The third-order valence-corrected chi connectivity index (χ3v) is 5.03. The second kappa shape index (κ2) is 6.20. The van der Waals surface area contributed by atoms with Crippen LogP contribution in [-0.4, -0.2) is 30.7 Å². The second-order valence-electron chi connectivity index (χ2n) is 6.49. The van der Waals surface area contributed by atoms with Gasteiger partial charge in [-0.15, -0.1) is 0 Å². The fourth-order valence-electron chi connectivity index (χ4n) is 3.73. The quantitative estimate of drug-likeness (QED) is 0.807. The highest BCUT2D eigenvalue weighted by Crippen LogP contribution is 2.46. The van der Waals surface area contributed by atoms with Crippen molar-refractivity contribution in [2.75, 3.05) is 13.7 Å². The van der Waals surface area contributed by atoms with Crippen LogP contribution in [0.1, 0.15) is 17.5 Å². The molecule has 4 rings (SSSR count). The maximum Gasteiger partial charge on any atom is 0.336 e. The van der Waals surface area contributed by atoms with Gasteiger partial charge in [-0.1, -0.05) is 48.5 Å². The standard InChI is InChI=1S/C21H20N2O2/c1-25-20(24)18-14-23(13-16-7-3-2-4-8-16)12-11-21(18)15-22-19-10-6-5-9-17(19)21/h2-10,14-15H,11-13H2,1H3. The minimum absolute atomic E-state index is 0.291. The van der Waals surface area contributed by atoms with Crippen LogP contribution in [0, 0.1) is 0 Å². The van der Waals surface area contributed by atoms with Crippen molar-refractivity contribution in [3.63, 3.8) is 0 Å². The van der Waals surface area contributed by atoms with Crippen molar-refractivity contribution in [2.45, 2.75) is 18.4 Å². The van der Waals surface area contributed by atoms with E-state index in [9.17, 15) is 4.79 Å². The second-order valence-corrected chi connectivity index (χ2v) is 6.49. The zero-order chi connectivity index (χ0) is 17.3. The summed E-state index contributed by atoms with van der Waals surface area (Å²) in [6, 6.07) is 18.3. The van der Waals surface area contributed by atoms with Crippen LogP contribution in [0.2, 0.25) is 0 Å². The van der Waals surface area contributed by atoms with Gasteiger partial charge in [0, 0.05) is 25.5 Å². The van der Waals surface area contributed by atoms with E-state index in [0.717, 1.165) is 30.8 Å². The van der Waals surface area contributed by atoms with Crippen molar-refractivity contribution in [2.24, 2.45) is 4.99 Å². The Hall–Kier alpha value is -2.88. The molecule has 4 nitrogen and oxygen atoms in total. The molecule has 0 fully saturated rings. The predicted octanol–water partition coefficient (Wildman–Crippen LogP) is 3.60. The first-order valence-electron chi connectivity index (χ1n) is 8.46. The van der Waals surface area contributed by atoms with E-state index in [4.69, 9.17) is 4.74 Å². The summed E-state index contributed by atoms with van der Waals surface area (Å²) < 4.78 is 5.09. The molecule has 1 unspecified atom stereocenters. The number of ether oxygens (including phenoxy) is 1. The van der Waals surface area contributed by atoms with Gasteiger partial charge in [-0.2, -0.15) is 0 Å². The molecule has 2 aliphatic rings. The van der Waals surface area contributed by atoms with E-state index in [-0.39, 0.29) is 5.97 Å². The van der Waals surface area contributed by atoms with Gasteiger partial charge < -0.3 is 9.64 Å². The third kappa shape index (κ3) is 2.64. The van der Waals surface area contributed by atoms with Crippen molar-refractivity contribution in [1.29, 1.82) is 0 Å². The molecule has 2 aromatic carbocycles. The van der Waals surface area contributed by atoms with Crippen LogP contribution in [0.4, 0.5) is 5.69 Å². The van der Waals surface area contributed by atoms with Gasteiger partial charge in [-0.3, -0.25) is 4.99 Å². The molecular weight excluding hydrogens is 312 g/mol. The van der Waals surface area contributed by atoms with Gasteiger partial charge in [0.05, 0.1) is 23.8 Å². The lowest BCUT2D eigenvalue weighted by Crippen LogP contribution is -2.41. The zero-order valence-electron chi connectivity index (χ0n) is 14.2. The molecule has 2 heterocycles. The minimum atomic E-state index is -0.475. The van der Waals surface area contributed by atoms with Gasteiger partial charge in [0.2, 0.25) is 0 Å². The average Bonchev–Trinajstić information content (AvgIpc) is 3.03. The molecule has 1 spiro atoms. The lowest BCUT2D eigenvalue weighted by molar-refractivity contribution is -0.137. The zero-order valence-corrected chi connectivity index (χ0v) is 14.2. The molecule has 0 amide bonds. The lowest BCUT2D eigenvalue weighted by Gasteiger charge is -2.37. The highest BCUT2D eigenvalue weighted by molar-refractivity contribution is 6.02. The van der Waals surface area contributed by atoms with Gasteiger partial charge in [0.25, 0.3) is 0 Å². The molecular formula is C21H20N2O2. The number of nitrogens with zero attached hydrogens (tertiary/aromatic N) is 2. The van der Waals surface area contributed by atoms with Crippen molar-refractivity contribution < 1.29 is 9.53 Å². The molecule has 0 bridgehead atoms. The number of benzene rings is 2. The summed E-state index contributed by atoms with van der Waals surface area (Å²) in [6.07, 6.45) is 4.68. The van der Waals surface area contributed by atoms with Crippen LogP contribution in [0.3, 0.4) is 0 Å². The maximum atomic E-state index is 12.6. The van der Waals surface area contributed by atoms with E-state index < -0.39 is 5.41 Å². The Bertz CT molecular complexity index is 857. The van der Waals surface area contributed by atoms with Crippen LogP contribution in [-0.2, 0) is 21.5 Å². The Labute approximate surface area is 147 Å². The summed E-state index contributed by atoms with van der Waals surface area (Å²) in [5.74, 6) is -0.291. The normalized spacial score (nSPS) is 21.2. The van der Waals surface area contributed by atoms with Gasteiger partial charge in [0.1, 0.15) is 0 Å². The van der Waals surface area contributed by atoms with Gasteiger partial charge in [0.15, 0.2) is 0 Å². The molecule has 1 atom stereocenters. The molecule has 0 saturated heterocycles. The van der Waals surface area contributed by atoms with Crippen LogP contribution < -0.4 is 0 Å². The molecule has 0 radical (unpaired) electrons. The van der Waals surface area contributed by atoms with E-state index >= 15 is 0 Å². The molecule has 2 aromatic rings. The first-order valence-corrected chi connectivity index (χ1v) is 8.46. The number of hydrogen-bond donors (Lipinski definition) is 0. The van der Waals surface area contributed by atoms with E-state index in [1.165, 1.54) is 12.7 Å². The Kier molecular flexibility index (Phi) is 3.88. The first-order chi connectivity index (χ1) is 12.2. The first kappa shape index (κ1) is 15.6. The predicted molar refractivity (Wildman–Crippen MR) is 97.8 cm³/mol. The van der Waals surface area contributed by atoms with Crippen molar-refractivity contribution >= 4 is 17.9 Å². The van der Waals surface area contributed by atoms with Gasteiger partial charge >= 0.3 is 5.97 Å². The summed E-state index contributed by atoms with van der Waals surface area (Å²) in [7, 11) is 1.44. The molecule has 2 aliphatic heterocycles. The van der Waals surface area contributed by atoms with E-state index in [1.54, 1.807) is 0 Å². The Morgan fingerprint density at radius 3 is 2.72 bits per heavy atom. The maximum absolute atomic E-state index is 12.6. The Morgan fingerprint density at radius 1 is 1.16 bits per heavy atom. The monoisotopic (exact) mass is 332 g/mol. The van der Waals surface area contributed by atoms with Crippen molar-refractivity contribution in [3.8, 4) is 0 Å². The Morgan fingerprint density at radius 2 is 1.92 bits per heavy atom. The minimum Gasteiger partial charge on any atom is -0.466 e. The van der Waals surface area contributed by atoms with Crippen LogP contribution in [0.25, 0.3) is 0 Å². The summed E-state index contributed by atoms with van der Waals surface area (Å²) in [5.41, 5.74) is 3.43. The SMILES string of the molecule is COC(=O)C1=CN(Cc2ccccc2)CCC12C=Nc1ccccc12. The Balaban J connectivity index is 1.72. The summed E-state index contributed by atoms with van der Waals surface area (Å²) in [6.45, 7) is 1.63. The number of methoxy groups -OCH3 is 1. The summed E-state index contributed by atoms with van der Waals surface area (Å²) >= 11 is 0. The van der Waals surface area contributed by atoms with Gasteiger partial charge in [-0.05, 0) is 23.6 Å². The molecule has 0 saturated carbocycles. The molecule has 0 aromatic heterocycles. The fourth-order valence-corrected chi connectivity index (χ4v) is 3.73.